The van der Waals surface area contributed by atoms with Crippen molar-refractivity contribution < 1.29 is 4.63 Å². The van der Waals surface area contributed by atoms with Gasteiger partial charge in [0, 0.05) is 12.3 Å². The van der Waals surface area contributed by atoms with Crippen LogP contribution in [-0.2, 0) is 0 Å². The van der Waals surface area contributed by atoms with Crippen molar-refractivity contribution in [3.63, 3.8) is 0 Å². The minimum atomic E-state index is 0.703. The van der Waals surface area contributed by atoms with Gasteiger partial charge >= 0.3 is 0 Å². The first-order chi connectivity index (χ1) is 4.93. The molecule has 0 saturated heterocycles. The zero-order chi connectivity index (χ0) is 7.23. The van der Waals surface area contributed by atoms with Crippen molar-refractivity contribution in [3.8, 4) is 0 Å². The molecule has 0 amide bonds. The molecule has 1 rings (SSSR count). The summed E-state index contributed by atoms with van der Waals surface area (Å²) in [5.41, 5.74) is 0. The molecule has 1 aromatic rings. The van der Waals surface area contributed by atoms with Gasteiger partial charge in [-0.25, -0.2) is 4.63 Å². The molecule has 0 spiro atoms. The maximum absolute atomic E-state index is 4.38. The van der Waals surface area contributed by atoms with Crippen molar-refractivity contribution in [3.05, 3.63) is 6.20 Å². The van der Waals surface area contributed by atoms with Gasteiger partial charge in [-0.15, -0.1) is 0 Å². The van der Waals surface area contributed by atoms with Gasteiger partial charge in [0.2, 0.25) is 0 Å². The smallest absolute Gasteiger partial charge is 0.190 e. The molecule has 0 radical (unpaired) electrons. The summed E-state index contributed by atoms with van der Waals surface area (Å²) in [6.45, 7) is 0.898. The van der Waals surface area contributed by atoms with Gasteiger partial charge in [0.15, 0.2) is 5.82 Å². The number of rotatable bonds is 4. The van der Waals surface area contributed by atoms with E-state index in [0.717, 1.165) is 12.3 Å². The minimum Gasteiger partial charge on any atom is -0.365 e. The summed E-state index contributed by atoms with van der Waals surface area (Å²) in [6.07, 6.45) is 3.61. The highest BCUT2D eigenvalue weighted by atomic mass is 32.2. The Bertz CT molecular complexity index is 165. The van der Waals surface area contributed by atoms with E-state index in [9.17, 15) is 0 Å². The summed E-state index contributed by atoms with van der Waals surface area (Å²) in [5.74, 6) is 1.77. The summed E-state index contributed by atoms with van der Waals surface area (Å²) in [5, 5.41) is 10.1. The Morgan fingerprint density at radius 3 is 3.30 bits per heavy atom. The second-order valence-electron chi connectivity index (χ2n) is 1.71. The summed E-state index contributed by atoms with van der Waals surface area (Å²) < 4.78 is 4.38. The molecule has 1 aromatic heterocycles. The fourth-order valence-electron chi connectivity index (χ4n) is 0.524. The molecule has 0 aliphatic carbocycles. The normalized spacial score (nSPS) is 9.70. The lowest BCUT2D eigenvalue weighted by Gasteiger charge is -1.96. The molecule has 0 fully saturated rings. The third-order valence-electron chi connectivity index (χ3n) is 0.974. The van der Waals surface area contributed by atoms with Crippen LogP contribution in [0.2, 0.25) is 0 Å². The molecule has 0 aromatic carbocycles. The van der Waals surface area contributed by atoms with Crippen LogP contribution in [0.15, 0.2) is 10.8 Å². The molecule has 0 saturated carbocycles. The van der Waals surface area contributed by atoms with Gasteiger partial charge in [-0.2, -0.15) is 11.8 Å². The van der Waals surface area contributed by atoms with Crippen LogP contribution in [0.25, 0.3) is 0 Å². The Morgan fingerprint density at radius 1 is 1.80 bits per heavy atom. The van der Waals surface area contributed by atoms with E-state index in [1.165, 1.54) is 0 Å². The van der Waals surface area contributed by atoms with Crippen molar-refractivity contribution in [2.24, 2.45) is 0 Å². The number of hydrogen-bond acceptors (Lipinski definition) is 5. The number of nitrogens with one attached hydrogen (secondary N) is 1. The Kier molecular flexibility index (Phi) is 3.08. The Hall–Kier alpha value is -0.710. The van der Waals surface area contributed by atoms with Crippen LogP contribution in [0, 0.1) is 0 Å². The Labute approximate surface area is 63.3 Å². The summed E-state index contributed by atoms with van der Waals surface area (Å²) in [7, 11) is 0. The van der Waals surface area contributed by atoms with Gasteiger partial charge in [-0.3, -0.25) is 0 Å². The Balaban J connectivity index is 2.15. The molecule has 1 N–H and O–H groups in total. The second kappa shape index (κ2) is 4.16. The molecule has 56 valence electrons. The molecule has 0 aliphatic rings. The SMILES string of the molecule is CSCCNc1cnon1. The molecule has 10 heavy (non-hydrogen) atoms. The van der Waals surface area contributed by atoms with E-state index >= 15 is 0 Å². The lowest BCUT2D eigenvalue weighted by atomic mass is 10.6. The van der Waals surface area contributed by atoms with Gasteiger partial charge in [-0.1, -0.05) is 5.16 Å². The van der Waals surface area contributed by atoms with E-state index < -0.39 is 0 Å². The first-order valence-corrected chi connectivity index (χ1v) is 4.33. The maximum Gasteiger partial charge on any atom is 0.190 e. The average Bonchev–Trinajstić information content (AvgIpc) is 2.41. The topological polar surface area (TPSA) is 51.0 Å². The first kappa shape index (κ1) is 7.40. The lowest BCUT2D eigenvalue weighted by molar-refractivity contribution is 0.308. The number of thioether (sulfide) groups is 1. The van der Waals surface area contributed by atoms with Crippen LogP contribution < -0.4 is 5.32 Å². The van der Waals surface area contributed by atoms with E-state index in [-0.39, 0.29) is 0 Å². The molecule has 1 heterocycles. The summed E-state index contributed by atoms with van der Waals surface area (Å²) in [4.78, 5) is 0. The standard InChI is InChI=1S/C5H9N3OS/c1-10-3-2-6-5-4-7-9-8-5/h4H,2-3H2,1H3,(H,6,8). The molecule has 0 unspecified atom stereocenters. The predicted octanol–water partition coefficient (Wildman–Crippen LogP) is 0.844. The third-order valence-corrected chi connectivity index (χ3v) is 1.59. The van der Waals surface area contributed by atoms with Crippen LogP contribution in [-0.4, -0.2) is 28.9 Å². The van der Waals surface area contributed by atoms with E-state index in [1.54, 1.807) is 18.0 Å². The van der Waals surface area contributed by atoms with Gasteiger partial charge in [0.25, 0.3) is 0 Å². The van der Waals surface area contributed by atoms with Crippen molar-refractivity contribution in [1.29, 1.82) is 0 Å². The number of anilines is 1. The highest BCUT2D eigenvalue weighted by Crippen LogP contribution is 1.98. The van der Waals surface area contributed by atoms with Crippen LogP contribution >= 0.6 is 11.8 Å². The van der Waals surface area contributed by atoms with Crippen LogP contribution in [0.5, 0.6) is 0 Å². The quantitative estimate of drug-likeness (QED) is 0.660. The van der Waals surface area contributed by atoms with Gasteiger partial charge in [-0.05, 0) is 11.4 Å². The van der Waals surface area contributed by atoms with Gasteiger partial charge in [0.1, 0.15) is 6.20 Å². The average molecular weight is 159 g/mol. The minimum absolute atomic E-state index is 0.703. The molecule has 0 atom stereocenters. The molecule has 4 nitrogen and oxygen atoms in total. The van der Waals surface area contributed by atoms with E-state index in [4.69, 9.17) is 0 Å². The van der Waals surface area contributed by atoms with Crippen LogP contribution in [0.4, 0.5) is 5.82 Å². The van der Waals surface area contributed by atoms with E-state index in [2.05, 4.69) is 26.5 Å². The third kappa shape index (κ3) is 2.26. The summed E-state index contributed by atoms with van der Waals surface area (Å²) in [6, 6.07) is 0. The fraction of sp³-hybridized carbons (Fsp3) is 0.600. The second-order valence-corrected chi connectivity index (χ2v) is 2.70. The molecule has 0 aliphatic heterocycles. The monoisotopic (exact) mass is 159 g/mol. The fourth-order valence-corrected chi connectivity index (χ4v) is 0.830. The number of nitrogens with zero attached hydrogens (tertiary/aromatic N) is 2. The van der Waals surface area contributed by atoms with Crippen molar-refractivity contribution in [2.75, 3.05) is 23.9 Å². The van der Waals surface area contributed by atoms with Gasteiger partial charge < -0.3 is 5.32 Å². The lowest BCUT2D eigenvalue weighted by Crippen LogP contribution is -2.03. The zero-order valence-corrected chi connectivity index (χ0v) is 6.52. The zero-order valence-electron chi connectivity index (χ0n) is 5.70. The van der Waals surface area contributed by atoms with E-state index in [1.807, 2.05) is 0 Å². The van der Waals surface area contributed by atoms with E-state index in [0.29, 0.717) is 5.82 Å². The summed E-state index contributed by atoms with van der Waals surface area (Å²) >= 11 is 1.78. The highest BCUT2D eigenvalue weighted by Gasteiger charge is 1.92. The molecule has 5 heteroatoms. The van der Waals surface area contributed by atoms with Crippen molar-refractivity contribution >= 4 is 17.6 Å². The molecule has 0 bridgehead atoms. The Morgan fingerprint density at radius 2 is 2.70 bits per heavy atom. The van der Waals surface area contributed by atoms with Gasteiger partial charge in [0.05, 0.1) is 0 Å². The highest BCUT2D eigenvalue weighted by molar-refractivity contribution is 7.98. The van der Waals surface area contributed by atoms with Crippen molar-refractivity contribution in [2.45, 2.75) is 0 Å². The number of aromatic nitrogens is 2. The molecular formula is C5H9N3OS. The van der Waals surface area contributed by atoms with Crippen LogP contribution in [0.3, 0.4) is 0 Å². The largest absolute Gasteiger partial charge is 0.365 e. The number of hydrogen-bond donors (Lipinski definition) is 1. The molecular weight excluding hydrogens is 150 g/mol. The van der Waals surface area contributed by atoms with Crippen LogP contribution in [0.1, 0.15) is 0 Å². The van der Waals surface area contributed by atoms with Crippen molar-refractivity contribution in [1.82, 2.24) is 10.3 Å². The maximum atomic E-state index is 4.38. The first-order valence-electron chi connectivity index (χ1n) is 2.94. The predicted molar refractivity (Wildman–Crippen MR) is 41.2 cm³/mol.